The van der Waals surface area contributed by atoms with Crippen LogP contribution in [0.1, 0.15) is 16.8 Å². The fourth-order valence-electron chi connectivity index (χ4n) is 1.90. The minimum Gasteiger partial charge on any atom is -0.338 e. The Bertz CT molecular complexity index is 444. The number of amides is 1. The first-order chi connectivity index (χ1) is 7.70. The number of nitrogens with zero attached hydrogens (tertiary/aromatic N) is 1. The van der Waals surface area contributed by atoms with Gasteiger partial charge in [0.05, 0.1) is 0 Å². The van der Waals surface area contributed by atoms with Crippen molar-refractivity contribution in [2.24, 2.45) is 5.92 Å². The van der Waals surface area contributed by atoms with Crippen LogP contribution in [0.2, 0.25) is 0 Å². The van der Waals surface area contributed by atoms with Crippen LogP contribution in [0.25, 0.3) is 0 Å². The van der Waals surface area contributed by atoms with Gasteiger partial charge in [0.1, 0.15) is 0 Å². The average molecular weight is 241 g/mol. The van der Waals surface area contributed by atoms with E-state index in [2.05, 4.69) is 4.98 Å². The van der Waals surface area contributed by atoms with Crippen molar-refractivity contribution in [3.63, 3.8) is 0 Å². The molecule has 1 unspecified atom stereocenters. The first-order valence-electron chi connectivity index (χ1n) is 5.24. The summed E-state index contributed by atoms with van der Waals surface area (Å²) in [4.78, 5) is 27.3. The Morgan fingerprint density at radius 3 is 3.06 bits per heavy atom. The van der Waals surface area contributed by atoms with Crippen LogP contribution >= 0.6 is 11.6 Å². The quantitative estimate of drug-likeness (QED) is 0.787. The maximum atomic E-state index is 12.0. The molecule has 0 aliphatic carbocycles. The second kappa shape index (κ2) is 4.70. The molecule has 2 rings (SSSR count). The molecule has 1 aliphatic rings. The van der Waals surface area contributed by atoms with E-state index in [1.165, 1.54) is 12.3 Å². The third kappa shape index (κ3) is 2.27. The molecule has 0 aromatic carbocycles. The summed E-state index contributed by atoms with van der Waals surface area (Å²) in [5.74, 6) is 0.880. The van der Waals surface area contributed by atoms with Gasteiger partial charge in [0.15, 0.2) is 0 Å². The van der Waals surface area contributed by atoms with E-state index in [0.29, 0.717) is 23.9 Å². The van der Waals surface area contributed by atoms with Gasteiger partial charge in [-0.25, -0.2) is 0 Å². The summed E-state index contributed by atoms with van der Waals surface area (Å²) < 4.78 is 0. The molecule has 86 valence electrons. The van der Waals surface area contributed by atoms with Gasteiger partial charge in [-0.05, 0) is 18.4 Å². The number of likely N-dealkylation sites (tertiary alicyclic amines) is 1. The van der Waals surface area contributed by atoms with E-state index in [1.807, 2.05) is 0 Å². The second-order valence-corrected chi connectivity index (χ2v) is 4.31. The average Bonchev–Trinajstić information content (AvgIpc) is 2.76. The summed E-state index contributed by atoms with van der Waals surface area (Å²) in [5, 5.41) is 0. The number of nitrogens with one attached hydrogen (secondary N) is 1. The highest BCUT2D eigenvalue weighted by atomic mass is 35.5. The Balaban J connectivity index is 2.11. The standard InChI is InChI=1S/C11H13ClN2O2/c12-6-8-2-4-14(7-8)11(16)9-1-3-13-10(15)5-9/h1,3,5,8H,2,4,6-7H2,(H,13,15). The topological polar surface area (TPSA) is 53.2 Å². The van der Waals surface area contributed by atoms with Crippen LogP contribution in [-0.2, 0) is 0 Å². The first-order valence-corrected chi connectivity index (χ1v) is 5.78. The van der Waals surface area contributed by atoms with E-state index in [1.54, 1.807) is 11.0 Å². The molecule has 1 aromatic rings. The molecule has 1 atom stereocenters. The summed E-state index contributed by atoms with van der Waals surface area (Å²) >= 11 is 5.76. The van der Waals surface area contributed by atoms with Gasteiger partial charge in [-0.1, -0.05) is 0 Å². The van der Waals surface area contributed by atoms with E-state index in [-0.39, 0.29) is 11.5 Å². The van der Waals surface area contributed by atoms with Crippen LogP contribution in [0.4, 0.5) is 0 Å². The number of carbonyl (C=O) groups excluding carboxylic acids is 1. The summed E-state index contributed by atoms with van der Waals surface area (Å²) in [7, 11) is 0. The molecule has 4 nitrogen and oxygen atoms in total. The summed E-state index contributed by atoms with van der Waals surface area (Å²) in [6, 6.07) is 2.95. The fraction of sp³-hybridized carbons (Fsp3) is 0.455. The second-order valence-electron chi connectivity index (χ2n) is 4.00. The number of pyridine rings is 1. The summed E-state index contributed by atoms with van der Waals surface area (Å²) in [5.41, 5.74) is 0.193. The van der Waals surface area contributed by atoms with Crippen molar-refractivity contribution in [2.75, 3.05) is 19.0 Å². The van der Waals surface area contributed by atoms with Crippen LogP contribution in [0, 0.1) is 5.92 Å². The number of aromatic nitrogens is 1. The summed E-state index contributed by atoms with van der Waals surface area (Å²) in [6.07, 6.45) is 2.43. The lowest BCUT2D eigenvalue weighted by Crippen LogP contribution is -2.29. The maximum absolute atomic E-state index is 12.0. The highest BCUT2D eigenvalue weighted by Gasteiger charge is 2.26. The molecule has 1 aromatic heterocycles. The van der Waals surface area contributed by atoms with Gasteiger partial charge < -0.3 is 9.88 Å². The van der Waals surface area contributed by atoms with Crippen LogP contribution in [-0.4, -0.2) is 34.8 Å². The zero-order chi connectivity index (χ0) is 11.5. The van der Waals surface area contributed by atoms with Crippen molar-refractivity contribution < 1.29 is 4.79 Å². The number of alkyl halides is 1. The molecule has 0 radical (unpaired) electrons. The molecular formula is C11H13ClN2O2. The number of aromatic amines is 1. The van der Waals surface area contributed by atoms with Gasteiger partial charge in [0.25, 0.3) is 5.91 Å². The van der Waals surface area contributed by atoms with Gasteiger partial charge >= 0.3 is 0 Å². The number of H-pyrrole nitrogens is 1. The molecule has 1 saturated heterocycles. The minimum absolute atomic E-state index is 0.0845. The molecule has 0 spiro atoms. The third-order valence-electron chi connectivity index (χ3n) is 2.81. The largest absolute Gasteiger partial charge is 0.338 e. The number of rotatable bonds is 2. The molecule has 1 amide bonds. The van der Waals surface area contributed by atoms with Gasteiger partial charge in [0.2, 0.25) is 5.56 Å². The Morgan fingerprint density at radius 2 is 2.44 bits per heavy atom. The number of halogens is 1. The Kier molecular flexibility index (Phi) is 3.29. The SMILES string of the molecule is O=C(c1cc[nH]c(=O)c1)N1CCC(CCl)C1. The first kappa shape index (κ1) is 11.2. The normalized spacial score (nSPS) is 20.1. The highest BCUT2D eigenvalue weighted by molar-refractivity contribution is 6.18. The lowest BCUT2D eigenvalue weighted by atomic mass is 10.2. The zero-order valence-electron chi connectivity index (χ0n) is 8.78. The van der Waals surface area contributed by atoms with Gasteiger partial charge in [-0.2, -0.15) is 0 Å². The molecule has 2 heterocycles. The highest BCUT2D eigenvalue weighted by Crippen LogP contribution is 2.19. The lowest BCUT2D eigenvalue weighted by molar-refractivity contribution is 0.0788. The maximum Gasteiger partial charge on any atom is 0.254 e. The molecule has 1 N–H and O–H groups in total. The van der Waals surface area contributed by atoms with Crippen LogP contribution in [0.5, 0.6) is 0 Å². The van der Waals surface area contributed by atoms with E-state index in [0.717, 1.165) is 13.0 Å². The van der Waals surface area contributed by atoms with Crippen molar-refractivity contribution in [1.29, 1.82) is 0 Å². The zero-order valence-corrected chi connectivity index (χ0v) is 9.54. The number of carbonyl (C=O) groups is 1. The van der Waals surface area contributed by atoms with Crippen LogP contribution < -0.4 is 5.56 Å². The van der Waals surface area contributed by atoms with E-state index in [4.69, 9.17) is 11.6 Å². The van der Waals surface area contributed by atoms with Crippen LogP contribution in [0.15, 0.2) is 23.1 Å². The summed E-state index contributed by atoms with van der Waals surface area (Å²) in [6.45, 7) is 1.41. The Morgan fingerprint density at radius 1 is 1.62 bits per heavy atom. The van der Waals surface area contributed by atoms with Crippen molar-refractivity contribution in [3.05, 3.63) is 34.2 Å². The lowest BCUT2D eigenvalue weighted by Gasteiger charge is -2.15. The molecule has 0 saturated carbocycles. The number of hydrogen-bond acceptors (Lipinski definition) is 2. The smallest absolute Gasteiger partial charge is 0.254 e. The minimum atomic E-state index is -0.251. The van der Waals surface area contributed by atoms with Gasteiger partial charge in [0, 0.05) is 36.8 Å². The van der Waals surface area contributed by atoms with E-state index in [9.17, 15) is 9.59 Å². The molecule has 0 bridgehead atoms. The van der Waals surface area contributed by atoms with E-state index < -0.39 is 0 Å². The van der Waals surface area contributed by atoms with Crippen molar-refractivity contribution in [2.45, 2.75) is 6.42 Å². The predicted octanol–water partition coefficient (Wildman–Crippen LogP) is 1.08. The van der Waals surface area contributed by atoms with Crippen molar-refractivity contribution in [3.8, 4) is 0 Å². The Hall–Kier alpha value is -1.29. The van der Waals surface area contributed by atoms with Gasteiger partial charge in [-0.3, -0.25) is 9.59 Å². The Labute approximate surface area is 98.2 Å². The van der Waals surface area contributed by atoms with E-state index >= 15 is 0 Å². The molecule has 1 aliphatic heterocycles. The van der Waals surface area contributed by atoms with Crippen LogP contribution in [0.3, 0.4) is 0 Å². The molecular weight excluding hydrogens is 228 g/mol. The molecule has 5 heteroatoms. The molecule has 1 fully saturated rings. The van der Waals surface area contributed by atoms with Crippen molar-refractivity contribution in [1.82, 2.24) is 9.88 Å². The predicted molar refractivity (Wildman–Crippen MR) is 61.8 cm³/mol. The monoisotopic (exact) mass is 240 g/mol. The molecule has 16 heavy (non-hydrogen) atoms. The number of hydrogen-bond donors (Lipinski definition) is 1. The fourth-order valence-corrected chi connectivity index (χ4v) is 2.16. The van der Waals surface area contributed by atoms with Crippen molar-refractivity contribution >= 4 is 17.5 Å². The third-order valence-corrected chi connectivity index (χ3v) is 3.25. The van der Waals surface area contributed by atoms with Gasteiger partial charge in [-0.15, -0.1) is 11.6 Å².